The lowest BCUT2D eigenvalue weighted by molar-refractivity contribution is 0.0754. The fourth-order valence-corrected chi connectivity index (χ4v) is 3.41. The summed E-state index contributed by atoms with van der Waals surface area (Å²) in [6.07, 6.45) is 2.00. The Labute approximate surface area is 123 Å². The number of rotatable bonds is 1. The molecule has 0 bridgehead atoms. The van der Waals surface area contributed by atoms with Crippen LogP contribution < -0.4 is 5.32 Å². The Bertz CT molecular complexity index is 509. The summed E-state index contributed by atoms with van der Waals surface area (Å²) in [6.45, 7) is 3.51. The Morgan fingerprint density at radius 3 is 2.50 bits per heavy atom. The van der Waals surface area contributed by atoms with Crippen molar-refractivity contribution in [1.29, 1.82) is 0 Å². The van der Waals surface area contributed by atoms with E-state index in [1.54, 1.807) is 11.0 Å². The molecule has 1 N–H and O–H groups in total. The van der Waals surface area contributed by atoms with Crippen LogP contribution in [0.2, 0.25) is 5.02 Å². The number of hydrogen-bond donors (Lipinski definition) is 1. The molecule has 0 spiro atoms. The highest BCUT2D eigenvalue weighted by atomic mass is 35.5. The van der Waals surface area contributed by atoms with Gasteiger partial charge in [0, 0.05) is 18.1 Å². The second-order valence-corrected chi connectivity index (χ2v) is 6.11. The van der Waals surface area contributed by atoms with Gasteiger partial charge >= 0.3 is 0 Å². The number of fused-ring (bicyclic) bond motifs is 1. The molecule has 0 saturated carbocycles. The SMILES string of the molecule is O=C(c1ccc(Cl)cc1F)N1CC[C@@H]2CNC[C@@H]2CC1. The van der Waals surface area contributed by atoms with E-state index in [-0.39, 0.29) is 11.5 Å². The molecule has 2 aliphatic rings. The predicted molar refractivity (Wildman–Crippen MR) is 76.4 cm³/mol. The van der Waals surface area contributed by atoms with Crippen molar-refractivity contribution in [3.8, 4) is 0 Å². The Morgan fingerprint density at radius 2 is 1.90 bits per heavy atom. The van der Waals surface area contributed by atoms with Gasteiger partial charge < -0.3 is 10.2 Å². The number of carbonyl (C=O) groups is 1. The topological polar surface area (TPSA) is 32.3 Å². The molecule has 20 heavy (non-hydrogen) atoms. The number of likely N-dealkylation sites (tertiary alicyclic amines) is 1. The highest BCUT2D eigenvalue weighted by Gasteiger charge is 2.32. The maximum atomic E-state index is 13.8. The maximum absolute atomic E-state index is 13.8. The Hall–Kier alpha value is -1.13. The van der Waals surface area contributed by atoms with Crippen LogP contribution in [0, 0.1) is 17.7 Å². The van der Waals surface area contributed by atoms with Gasteiger partial charge in [0.15, 0.2) is 0 Å². The summed E-state index contributed by atoms with van der Waals surface area (Å²) in [4.78, 5) is 14.2. The van der Waals surface area contributed by atoms with Crippen LogP contribution in [0.15, 0.2) is 18.2 Å². The van der Waals surface area contributed by atoms with Gasteiger partial charge in [0.25, 0.3) is 5.91 Å². The summed E-state index contributed by atoms with van der Waals surface area (Å²) < 4.78 is 13.8. The summed E-state index contributed by atoms with van der Waals surface area (Å²) in [6, 6.07) is 4.24. The van der Waals surface area contributed by atoms with E-state index in [0.29, 0.717) is 29.9 Å². The molecular weight excluding hydrogens is 279 g/mol. The minimum atomic E-state index is -0.534. The van der Waals surface area contributed by atoms with Gasteiger partial charge in [0.2, 0.25) is 0 Å². The van der Waals surface area contributed by atoms with Crippen molar-refractivity contribution in [3.63, 3.8) is 0 Å². The first-order valence-electron chi connectivity index (χ1n) is 7.10. The minimum absolute atomic E-state index is 0.125. The number of nitrogens with one attached hydrogen (secondary N) is 1. The lowest BCUT2D eigenvalue weighted by atomic mass is 9.92. The molecule has 3 nitrogen and oxygen atoms in total. The Morgan fingerprint density at radius 1 is 1.25 bits per heavy atom. The lowest BCUT2D eigenvalue weighted by Gasteiger charge is -2.21. The van der Waals surface area contributed by atoms with Crippen LogP contribution in [-0.4, -0.2) is 37.0 Å². The van der Waals surface area contributed by atoms with Gasteiger partial charge in [-0.3, -0.25) is 4.79 Å². The molecule has 1 aromatic rings. The van der Waals surface area contributed by atoms with Crippen molar-refractivity contribution < 1.29 is 9.18 Å². The molecule has 0 aliphatic carbocycles. The normalized spacial score (nSPS) is 26.2. The third-order valence-corrected chi connectivity index (χ3v) is 4.70. The van der Waals surface area contributed by atoms with Gasteiger partial charge in [-0.05, 0) is 56.0 Å². The van der Waals surface area contributed by atoms with Gasteiger partial charge in [0.05, 0.1) is 5.56 Å². The van der Waals surface area contributed by atoms with Crippen LogP contribution in [0.1, 0.15) is 23.2 Å². The average molecular weight is 297 g/mol. The highest BCUT2D eigenvalue weighted by Crippen LogP contribution is 2.28. The van der Waals surface area contributed by atoms with Crippen molar-refractivity contribution in [2.24, 2.45) is 11.8 Å². The molecule has 108 valence electrons. The minimum Gasteiger partial charge on any atom is -0.339 e. The summed E-state index contributed by atoms with van der Waals surface area (Å²) in [5.41, 5.74) is 0.125. The van der Waals surface area contributed by atoms with Crippen molar-refractivity contribution in [2.75, 3.05) is 26.2 Å². The molecule has 3 rings (SSSR count). The van der Waals surface area contributed by atoms with Crippen molar-refractivity contribution >= 4 is 17.5 Å². The third-order valence-electron chi connectivity index (χ3n) is 4.47. The van der Waals surface area contributed by atoms with Crippen molar-refractivity contribution in [1.82, 2.24) is 10.2 Å². The standard InChI is InChI=1S/C15H18ClFN2O/c16-12-1-2-13(14(17)7-12)15(20)19-5-3-10-8-18-9-11(10)4-6-19/h1-2,7,10-11,18H,3-6,8-9H2/t10-,11+. The summed E-state index contributed by atoms with van der Waals surface area (Å²) in [7, 11) is 0. The zero-order valence-corrected chi connectivity index (χ0v) is 12.0. The second-order valence-electron chi connectivity index (χ2n) is 5.67. The molecule has 2 aliphatic heterocycles. The molecule has 0 radical (unpaired) electrons. The molecule has 2 heterocycles. The summed E-state index contributed by atoms with van der Waals surface area (Å²) in [5.74, 6) is 0.562. The van der Waals surface area contributed by atoms with Crippen LogP contribution in [-0.2, 0) is 0 Å². The van der Waals surface area contributed by atoms with Gasteiger partial charge in [-0.15, -0.1) is 0 Å². The molecule has 2 saturated heterocycles. The number of hydrogen-bond acceptors (Lipinski definition) is 2. The molecule has 0 unspecified atom stereocenters. The van der Waals surface area contributed by atoms with E-state index in [4.69, 9.17) is 11.6 Å². The van der Waals surface area contributed by atoms with Crippen LogP contribution in [0.3, 0.4) is 0 Å². The number of nitrogens with zero attached hydrogens (tertiary/aromatic N) is 1. The zero-order valence-electron chi connectivity index (χ0n) is 11.2. The quantitative estimate of drug-likeness (QED) is 0.864. The molecule has 1 aromatic carbocycles. The van der Waals surface area contributed by atoms with E-state index in [2.05, 4.69) is 5.32 Å². The lowest BCUT2D eigenvalue weighted by Crippen LogP contribution is -2.33. The summed E-state index contributed by atoms with van der Waals surface area (Å²) >= 11 is 5.73. The molecule has 5 heteroatoms. The molecule has 2 atom stereocenters. The first-order chi connectivity index (χ1) is 9.65. The van der Waals surface area contributed by atoms with E-state index in [1.807, 2.05) is 0 Å². The van der Waals surface area contributed by atoms with Crippen LogP contribution in [0.5, 0.6) is 0 Å². The van der Waals surface area contributed by atoms with E-state index in [9.17, 15) is 9.18 Å². The maximum Gasteiger partial charge on any atom is 0.256 e. The van der Waals surface area contributed by atoms with Crippen LogP contribution in [0.25, 0.3) is 0 Å². The molecule has 0 aromatic heterocycles. The zero-order chi connectivity index (χ0) is 14.1. The average Bonchev–Trinajstić information content (AvgIpc) is 2.77. The molecule has 2 fully saturated rings. The summed E-state index contributed by atoms with van der Waals surface area (Å²) in [5, 5.41) is 3.72. The van der Waals surface area contributed by atoms with Gasteiger partial charge in [-0.2, -0.15) is 0 Å². The molecular formula is C15H18ClFN2O. The number of halogens is 2. The third kappa shape index (κ3) is 2.67. The fourth-order valence-electron chi connectivity index (χ4n) is 3.25. The Balaban J connectivity index is 1.74. The van der Waals surface area contributed by atoms with Gasteiger partial charge in [-0.1, -0.05) is 11.6 Å². The predicted octanol–water partition coefficient (Wildman–Crippen LogP) is 2.55. The highest BCUT2D eigenvalue weighted by molar-refractivity contribution is 6.30. The smallest absolute Gasteiger partial charge is 0.256 e. The molecule has 1 amide bonds. The largest absolute Gasteiger partial charge is 0.339 e. The second kappa shape index (κ2) is 5.70. The van der Waals surface area contributed by atoms with E-state index in [1.165, 1.54) is 12.1 Å². The van der Waals surface area contributed by atoms with E-state index >= 15 is 0 Å². The number of carbonyl (C=O) groups excluding carboxylic acids is 1. The van der Waals surface area contributed by atoms with Crippen molar-refractivity contribution in [2.45, 2.75) is 12.8 Å². The van der Waals surface area contributed by atoms with Gasteiger partial charge in [-0.25, -0.2) is 4.39 Å². The van der Waals surface area contributed by atoms with E-state index < -0.39 is 5.82 Å². The first-order valence-corrected chi connectivity index (χ1v) is 7.48. The first kappa shape index (κ1) is 13.8. The number of amides is 1. The number of benzene rings is 1. The van der Waals surface area contributed by atoms with Crippen molar-refractivity contribution in [3.05, 3.63) is 34.6 Å². The van der Waals surface area contributed by atoms with Gasteiger partial charge in [0.1, 0.15) is 5.82 Å². The monoisotopic (exact) mass is 296 g/mol. The fraction of sp³-hybridized carbons (Fsp3) is 0.533. The van der Waals surface area contributed by atoms with E-state index in [0.717, 1.165) is 25.9 Å². The Kier molecular flexibility index (Phi) is 3.94. The van der Waals surface area contributed by atoms with Crippen LogP contribution in [0.4, 0.5) is 4.39 Å². The van der Waals surface area contributed by atoms with Crippen LogP contribution >= 0.6 is 11.6 Å².